The van der Waals surface area contributed by atoms with Crippen molar-refractivity contribution >= 4 is 11.0 Å². The summed E-state index contributed by atoms with van der Waals surface area (Å²) in [6, 6.07) is 7.49. The van der Waals surface area contributed by atoms with Crippen LogP contribution in [0.4, 0.5) is 0 Å². The number of epoxide rings is 1. The monoisotopic (exact) mass is 660 g/mol. The maximum atomic E-state index is 14.2. The van der Waals surface area contributed by atoms with Crippen LogP contribution in [0, 0.1) is 0 Å². The summed E-state index contributed by atoms with van der Waals surface area (Å²) in [5, 5.41) is 72.7. The van der Waals surface area contributed by atoms with Crippen LogP contribution in [0.1, 0.15) is 19.4 Å². The van der Waals surface area contributed by atoms with Gasteiger partial charge in [-0.2, -0.15) is 0 Å². The second-order valence-corrected chi connectivity index (χ2v) is 11.8. The van der Waals surface area contributed by atoms with Crippen molar-refractivity contribution in [3.05, 3.63) is 57.8 Å². The summed E-state index contributed by atoms with van der Waals surface area (Å²) in [7, 11) is 1.48. The Morgan fingerprint density at radius 3 is 2.45 bits per heavy atom. The number of methoxy groups -OCH3 is 1. The van der Waals surface area contributed by atoms with E-state index in [1.54, 1.807) is 30.3 Å². The Balaban J connectivity index is 1.52. The highest BCUT2D eigenvalue weighted by molar-refractivity contribution is 5.91. The molecule has 7 N–H and O–H groups in total. The zero-order valence-corrected chi connectivity index (χ0v) is 25.6. The molecule has 1 aromatic heterocycles. The molecule has 3 aliphatic rings. The van der Waals surface area contributed by atoms with Crippen molar-refractivity contribution in [3.63, 3.8) is 0 Å². The highest BCUT2D eigenvalue weighted by Gasteiger charge is 2.70. The van der Waals surface area contributed by atoms with Crippen LogP contribution in [0.3, 0.4) is 0 Å². The third kappa shape index (κ3) is 5.94. The van der Waals surface area contributed by atoms with E-state index in [-0.39, 0.29) is 34.5 Å². The number of phenolic OH excluding ortho intramolecular Hbond substituents is 1. The predicted octanol–water partition coefficient (Wildman–Crippen LogP) is 0.0450. The molecule has 0 bridgehead atoms. The number of aliphatic hydroxyl groups is 6. The first kappa shape index (κ1) is 33.1. The molecule has 2 aromatic carbocycles. The number of aliphatic hydroxyl groups excluding tert-OH is 5. The number of allylic oxidation sites excluding steroid dienone is 2. The average Bonchev–Trinajstić information content (AvgIpc) is 3.76. The summed E-state index contributed by atoms with van der Waals surface area (Å²) >= 11 is 0. The normalized spacial score (nSPS) is 31.6. The van der Waals surface area contributed by atoms with Gasteiger partial charge in [-0.25, -0.2) is 0 Å². The number of aromatic hydroxyl groups is 1. The van der Waals surface area contributed by atoms with Gasteiger partial charge in [0.2, 0.25) is 29.5 Å². The maximum Gasteiger partial charge on any atom is 0.239 e. The van der Waals surface area contributed by atoms with Gasteiger partial charge < -0.3 is 68.6 Å². The van der Waals surface area contributed by atoms with Crippen LogP contribution in [-0.4, -0.2) is 111 Å². The molecule has 0 saturated carbocycles. The molecule has 3 saturated heterocycles. The van der Waals surface area contributed by atoms with Gasteiger partial charge in [-0.05, 0) is 44.5 Å². The molecule has 47 heavy (non-hydrogen) atoms. The third-order valence-corrected chi connectivity index (χ3v) is 8.34. The number of fused-ring (bicyclic) bond motifs is 2. The van der Waals surface area contributed by atoms with E-state index < -0.39 is 85.1 Å². The van der Waals surface area contributed by atoms with Crippen molar-refractivity contribution in [3.8, 4) is 34.3 Å². The predicted molar refractivity (Wildman–Crippen MR) is 160 cm³/mol. The van der Waals surface area contributed by atoms with Gasteiger partial charge in [0.25, 0.3) is 0 Å². The number of benzene rings is 2. The molecule has 9 unspecified atom stereocenters. The molecule has 0 radical (unpaired) electrons. The van der Waals surface area contributed by atoms with E-state index in [1.165, 1.54) is 7.11 Å². The second kappa shape index (κ2) is 12.7. The zero-order valence-electron chi connectivity index (χ0n) is 25.6. The molecule has 4 heterocycles. The fraction of sp³-hybridized carbons (Fsp3) is 0.469. The Bertz CT molecular complexity index is 1710. The first-order valence-electron chi connectivity index (χ1n) is 14.8. The summed E-state index contributed by atoms with van der Waals surface area (Å²) in [5.74, 6) is -2.81. The summed E-state index contributed by atoms with van der Waals surface area (Å²) in [5.41, 5.74) is 0.461. The molecule has 15 nitrogen and oxygen atoms in total. The molecule has 6 rings (SSSR count). The van der Waals surface area contributed by atoms with Crippen molar-refractivity contribution in [2.24, 2.45) is 0 Å². The molecule has 0 amide bonds. The number of phenols is 1. The van der Waals surface area contributed by atoms with E-state index in [4.69, 9.17) is 32.8 Å². The van der Waals surface area contributed by atoms with Crippen LogP contribution in [-0.2, 0) is 20.6 Å². The van der Waals surface area contributed by atoms with Crippen LogP contribution >= 0.6 is 0 Å². The van der Waals surface area contributed by atoms with Crippen LogP contribution in [0.25, 0.3) is 22.3 Å². The quantitative estimate of drug-likeness (QED) is 0.119. The SMILES string of the molecule is COc1ccc(-c2oc3c(CC=C(C)C)c(OC4OC(CO)C5OC5(O)C4O)cc(O)c3c(=O)c2OC2OCC(O)C(O)C2O)cc1. The second-order valence-electron chi connectivity index (χ2n) is 11.8. The van der Waals surface area contributed by atoms with Gasteiger partial charge in [0, 0.05) is 17.2 Å². The number of rotatable bonds is 9. The van der Waals surface area contributed by atoms with Crippen molar-refractivity contribution in [1.82, 2.24) is 0 Å². The van der Waals surface area contributed by atoms with Crippen molar-refractivity contribution in [2.45, 2.75) is 75.3 Å². The van der Waals surface area contributed by atoms with E-state index in [0.29, 0.717) is 11.3 Å². The van der Waals surface area contributed by atoms with Gasteiger partial charge in [-0.1, -0.05) is 11.6 Å². The molecule has 9 atom stereocenters. The molecule has 15 heteroatoms. The fourth-order valence-electron chi connectivity index (χ4n) is 5.62. The molecular weight excluding hydrogens is 624 g/mol. The minimum atomic E-state index is -2.01. The Labute approximate surface area is 267 Å². The van der Waals surface area contributed by atoms with Crippen LogP contribution in [0.5, 0.6) is 23.0 Å². The molecule has 3 aliphatic heterocycles. The Morgan fingerprint density at radius 2 is 1.79 bits per heavy atom. The smallest absolute Gasteiger partial charge is 0.239 e. The number of ether oxygens (including phenoxy) is 6. The Hall–Kier alpha value is -3.77. The minimum Gasteiger partial charge on any atom is -0.507 e. The summed E-state index contributed by atoms with van der Waals surface area (Å²) in [4.78, 5) is 14.2. The van der Waals surface area contributed by atoms with Gasteiger partial charge in [0.1, 0.15) is 58.7 Å². The van der Waals surface area contributed by atoms with Gasteiger partial charge in [0.15, 0.2) is 11.9 Å². The van der Waals surface area contributed by atoms with Gasteiger partial charge in [0.05, 0.1) is 20.3 Å². The number of hydrogen-bond donors (Lipinski definition) is 7. The maximum absolute atomic E-state index is 14.2. The molecular formula is C32H36O15. The Morgan fingerprint density at radius 1 is 1.06 bits per heavy atom. The highest BCUT2D eigenvalue weighted by atomic mass is 16.8. The zero-order chi connectivity index (χ0) is 33.8. The Kier molecular flexibility index (Phi) is 8.94. The van der Waals surface area contributed by atoms with E-state index in [9.17, 15) is 40.5 Å². The first-order chi connectivity index (χ1) is 22.4. The van der Waals surface area contributed by atoms with Crippen molar-refractivity contribution < 1.29 is 68.6 Å². The van der Waals surface area contributed by atoms with Gasteiger partial charge in [-0.3, -0.25) is 4.79 Å². The minimum absolute atomic E-state index is 0.0726. The molecule has 254 valence electrons. The van der Waals surface area contributed by atoms with E-state index >= 15 is 0 Å². The topological polar surface area (TPSA) is 230 Å². The van der Waals surface area contributed by atoms with Gasteiger partial charge in [-0.15, -0.1) is 0 Å². The molecule has 0 aliphatic carbocycles. The lowest BCUT2D eigenvalue weighted by Crippen LogP contribution is -2.55. The summed E-state index contributed by atoms with van der Waals surface area (Å²) in [6.07, 6.45) is -9.69. The van der Waals surface area contributed by atoms with Crippen LogP contribution in [0.15, 0.2) is 51.2 Å². The van der Waals surface area contributed by atoms with Gasteiger partial charge >= 0.3 is 0 Å². The lowest BCUT2D eigenvalue weighted by molar-refractivity contribution is -0.242. The lowest BCUT2D eigenvalue weighted by atomic mass is 10.0. The number of hydrogen-bond acceptors (Lipinski definition) is 15. The average molecular weight is 661 g/mol. The summed E-state index contributed by atoms with van der Waals surface area (Å²) in [6.45, 7) is 2.75. The van der Waals surface area contributed by atoms with Crippen molar-refractivity contribution in [1.29, 1.82) is 0 Å². The standard InChI is InChI=1S/C32H36O15/c1-13(2)4-9-16-19(43-31-28(39)32(40)29(47-32)20(11-33)44-31)10-17(34)21-23(37)27(46-30-24(38)22(36)18(35)12-42-30)25(45-26(16)21)14-5-7-15(41-3)8-6-14/h4-8,10,18,20,22,24,28-31,33-36,38-40H,9,11-12H2,1-3H3. The molecule has 3 aromatic rings. The fourth-order valence-corrected chi connectivity index (χ4v) is 5.62. The van der Waals surface area contributed by atoms with Crippen molar-refractivity contribution in [2.75, 3.05) is 20.3 Å². The van der Waals surface area contributed by atoms with Crippen LogP contribution < -0.4 is 19.6 Å². The van der Waals surface area contributed by atoms with Crippen LogP contribution in [0.2, 0.25) is 0 Å². The molecule has 0 spiro atoms. The molecule has 3 fully saturated rings. The van der Waals surface area contributed by atoms with E-state index in [1.807, 2.05) is 13.8 Å². The van der Waals surface area contributed by atoms with E-state index in [2.05, 4.69) is 0 Å². The van der Waals surface area contributed by atoms with E-state index in [0.717, 1.165) is 11.6 Å². The highest BCUT2D eigenvalue weighted by Crippen LogP contribution is 2.47. The largest absolute Gasteiger partial charge is 0.507 e. The third-order valence-electron chi connectivity index (χ3n) is 8.34. The first-order valence-corrected chi connectivity index (χ1v) is 14.8. The lowest BCUT2D eigenvalue weighted by Gasteiger charge is -2.35. The summed E-state index contributed by atoms with van der Waals surface area (Å²) < 4.78 is 39.6.